The Labute approximate surface area is 84.9 Å². The van der Waals surface area contributed by atoms with Gasteiger partial charge in [0.1, 0.15) is 0 Å². The number of piperazine rings is 1. The molecule has 14 heavy (non-hydrogen) atoms. The first kappa shape index (κ1) is 9.52. The molecule has 1 aromatic rings. The number of aromatic nitrogens is 2. The molecule has 4 heteroatoms. The molecule has 1 aliphatic heterocycles. The first-order valence-corrected chi connectivity index (χ1v) is 5.26. The van der Waals surface area contributed by atoms with Crippen LogP contribution in [0.4, 0.5) is 5.69 Å². The molecule has 78 valence electrons. The summed E-state index contributed by atoms with van der Waals surface area (Å²) >= 11 is 0. The second-order valence-corrected chi connectivity index (χ2v) is 3.88. The predicted octanol–water partition coefficient (Wildman–Crippen LogP) is 0.608. The van der Waals surface area contributed by atoms with E-state index in [9.17, 15) is 0 Å². The van der Waals surface area contributed by atoms with Gasteiger partial charge >= 0.3 is 0 Å². The largest absolute Gasteiger partial charge is 0.366 e. The summed E-state index contributed by atoms with van der Waals surface area (Å²) in [5.41, 5.74) is 1.24. The van der Waals surface area contributed by atoms with E-state index in [1.165, 1.54) is 12.1 Å². The van der Waals surface area contributed by atoms with Crippen LogP contribution in [-0.4, -0.2) is 35.5 Å². The Morgan fingerprint density at radius 2 is 2.50 bits per heavy atom. The van der Waals surface area contributed by atoms with Gasteiger partial charge in [-0.25, -0.2) is 0 Å². The average molecular weight is 194 g/mol. The van der Waals surface area contributed by atoms with Crippen LogP contribution >= 0.6 is 0 Å². The van der Waals surface area contributed by atoms with Crippen molar-refractivity contribution >= 4 is 5.69 Å². The Balaban J connectivity index is 2.04. The number of rotatable bonds is 2. The van der Waals surface area contributed by atoms with E-state index in [-0.39, 0.29) is 0 Å². The minimum Gasteiger partial charge on any atom is -0.366 e. The number of hydrogen-bond donors (Lipinski definition) is 1. The molecule has 2 heterocycles. The van der Waals surface area contributed by atoms with Gasteiger partial charge in [-0.3, -0.25) is 4.68 Å². The summed E-state index contributed by atoms with van der Waals surface area (Å²) in [5, 5.41) is 7.70. The van der Waals surface area contributed by atoms with Crippen molar-refractivity contribution in [3.63, 3.8) is 0 Å². The van der Waals surface area contributed by atoms with Crippen molar-refractivity contribution in [2.45, 2.75) is 19.4 Å². The Bertz CT molecular complexity index is 294. The highest BCUT2D eigenvalue weighted by Gasteiger charge is 2.18. The van der Waals surface area contributed by atoms with Gasteiger partial charge in [-0.2, -0.15) is 5.10 Å². The molecule has 1 unspecified atom stereocenters. The molecule has 1 N–H and O–H groups in total. The van der Waals surface area contributed by atoms with Gasteiger partial charge in [-0.15, -0.1) is 0 Å². The molecular formula is C10H18N4. The maximum absolute atomic E-state index is 4.20. The van der Waals surface area contributed by atoms with Gasteiger partial charge in [0.05, 0.1) is 11.9 Å². The van der Waals surface area contributed by atoms with Crippen LogP contribution in [0.5, 0.6) is 0 Å². The van der Waals surface area contributed by atoms with Crippen LogP contribution in [0.2, 0.25) is 0 Å². The summed E-state index contributed by atoms with van der Waals surface area (Å²) in [6, 6.07) is 0.629. The zero-order valence-electron chi connectivity index (χ0n) is 8.90. The summed E-state index contributed by atoms with van der Waals surface area (Å²) in [7, 11) is 1.96. The number of aryl methyl sites for hydroxylation is 1. The minimum atomic E-state index is 0.629. The van der Waals surface area contributed by atoms with Crippen LogP contribution in [-0.2, 0) is 7.05 Å². The molecule has 0 aliphatic carbocycles. The van der Waals surface area contributed by atoms with Crippen molar-refractivity contribution in [2.24, 2.45) is 7.05 Å². The van der Waals surface area contributed by atoms with Crippen molar-refractivity contribution < 1.29 is 0 Å². The van der Waals surface area contributed by atoms with E-state index in [0.29, 0.717) is 6.04 Å². The van der Waals surface area contributed by atoms with Crippen LogP contribution in [0, 0.1) is 0 Å². The molecule has 0 saturated carbocycles. The number of nitrogens with one attached hydrogen (secondary N) is 1. The van der Waals surface area contributed by atoms with Crippen molar-refractivity contribution in [2.75, 3.05) is 24.5 Å². The molecule has 0 bridgehead atoms. The maximum Gasteiger partial charge on any atom is 0.0753 e. The van der Waals surface area contributed by atoms with E-state index in [0.717, 1.165) is 19.6 Å². The molecule has 1 atom stereocenters. The molecule has 1 aromatic heterocycles. The summed E-state index contributed by atoms with van der Waals surface area (Å²) in [6.07, 6.45) is 5.22. The predicted molar refractivity (Wildman–Crippen MR) is 57.5 cm³/mol. The molecule has 0 spiro atoms. The molecular weight excluding hydrogens is 176 g/mol. The molecule has 1 saturated heterocycles. The standard InChI is InChI=1S/C10H18N4/c1-3-9-7-14(5-4-11-9)10-6-12-13(2)8-10/h6,8-9,11H,3-5,7H2,1-2H3. The highest BCUT2D eigenvalue weighted by atomic mass is 15.3. The lowest BCUT2D eigenvalue weighted by Crippen LogP contribution is -2.50. The van der Waals surface area contributed by atoms with E-state index in [1.807, 2.05) is 17.9 Å². The van der Waals surface area contributed by atoms with E-state index in [2.05, 4.69) is 28.4 Å². The lowest BCUT2D eigenvalue weighted by molar-refractivity contribution is 0.447. The SMILES string of the molecule is CCC1CN(c2cnn(C)c2)CCN1. The zero-order chi connectivity index (χ0) is 9.97. The molecule has 1 aliphatic rings. The van der Waals surface area contributed by atoms with E-state index in [4.69, 9.17) is 0 Å². The van der Waals surface area contributed by atoms with Gasteiger partial charge in [0.25, 0.3) is 0 Å². The Morgan fingerprint density at radius 1 is 1.64 bits per heavy atom. The fourth-order valence-corrected chi connectivity index (χ4v) is 1.91. The van der Waals surface area contributed by atoms with E-state index in [1.54, 1.807) is 0 Å². The molecule has 0 amide bonds. The fourth-order valence-electron chi connectivity index (χ4n) is 1.91. The first-order valence-electron chi connectivity index (χ1n) is 5.26. The molecule has 2 rings (SSSR count). The molecule has 4 nitrogen and oxygen atoms in total. The second-order valence-electron chi connectivity index (χ2n) is 3.88. The van der Waals surface area contributed by atoms with Crippen LogP contribution in [0.3, 0.4) is 0 Å². The van der Waals surface area contributed by atoms with Crippen molar-refractivity contribution in [1.82, 2.24) is 15.1 Å². The van der Waals surface area contributed by atoms with Crippen molar-refractivity contribution in [3.05, 3.63) is 12.4 Å². The number of nitrogens with zero attached hydrogens (tertiary/aromatic N) is 3. The lowest BCUT2D eigenvalue weighted by atomic mass is 10.1. The Hall–Kier alpha value is -1.03. The normalized spacial score (nSPS) is 22.7. The smallest absolute Gasteiger partial charge is 0.0753 e. The average Bonchev–Trinajstić information content (AvgIpc) is 2.65. The third-order valence-corrected chi connectivity index (χ3v) is 2.80. The van der Waals surface area contributed by atoms with Crippen LogP contribution in [0.1, 0.15) is 13.3 Å². The monoisotopic (exact) mass is 194 g/mol. The van der Waals surface area contributed by atoms with Crippen LogP contribution < -0.4 is 10.2 Å². The molecule has 1 fully saturated rings. The van der Waals surface area contributed by atoms with Crippen LogP contribution in [0.15, 0.2) is 12.4 Å². The fraction of sp³-hybridized carbons (Fsp3) is 0.700. The summed E-state index contributed by atoms with van der Waals surface area (Å²) < 4.78 is 1.86. The number of anilines is 1. The summed E-state index contributed by atoms with van der Waals surface area (Å²) in [6.45, 7) is 5.49. The van der Waals surface area contributed by atoms with Crippen LogP contribution in [0.25, 0.3) is 0 Å². The van der Waals surface area contributed by atoms with E-state index < -0.39 is 0 Å². The Kier molecular flexibility index (Phi) is 2.72. The zero-order valence-corrected chi connectivity index (χ0v) is 8.90. The lowest BCUT2D eigenvalue weighted by Gasteiger charge is -2.33. The van der Waals surface area contributed by atoms with Gasteiger partial charge in [0.15, 0.2) is 0 Å². The van der Waals surface area contributed by atoms with Gasteiger partial charge in [0, 0.05) is 38.9 Å². The Morgan fingerprint density at radius 3 is 3.14 bits per heavy atom. The second kappa shape index (κ2) is 4.00. The highest BCUT2D eigenvalue weighted by Crippen LogP contribution is 2.14. The summed E-state index contributed by atoms with van der Waals surface area (Å²) in [4.78, 5) is 2.40. The van der Waals surface area contributed by atoms with Crippen molar-refractivity contribution in [3.8, 4) is 0 Å². The number of hydrogen-bond acceptors (Lipinski definition) is 3. The topological polar surface area (TPSA) is 33.1 Å². The van der Waals surface area contributed by atoms with E-state index >= 15 is 0 Å². The minimum absolute atomic E-state index is 0.629. The van der Waals surface area contributed by atoms with Gasteiger partial charge in [-0.05, 0) is 6.42 Å². The molecule has 0 radical (unpaired) electrons. The van der Waals surface area contributed by atoms with Gasteiger partial charge < -0.3 is 10.2 Å². The first-order chi connectivity index (χ1) is 6.79. The maximum atomic E-state index is 4.20. The summed E-state index contributed by atoms with van der Waals surface area (Å²) in [5.74, 6) is 0. The van der Waals surface area contributed by atoms with Gasteiger partial charge in [-0.1, -0.05) is 6.92 Å². The third-order valence-electron chi connectivity index (χ3n) is 2.80. The van der Waals surface area contributed by atoms with Crippen molar-refractivity contribution in [1.29, 1.82) is 0 Å². The van der Waals surface area contributed by atoms with Gasteiger partial charge in [0.2, 0.25) is 0 Å². The third kappa shape index (κ3) is 1.90. The highest BCUT2D eigenvalue weighted by molar-refractivity contribution is 5.43. The quantitative estimate of drug-likeness (QED) is 0.749. The molecule has 0 aromatic carbocycles.